The van der Waals surface area contributed by atoms with E-state index >= 15 is 4.39 Å². The summed E-state index contributed by atoms with van der Waals surface area (Å²) < 4.78 is 21.0. The first kappa shape index (κ1) is 23.0. The number of nitrogens with zero attached hydrogens (tertiary/aromatic N) is 3. The standard InChI is InChI=1S/C23H25ClFN5O3/c1-26-16(31)13-15-17-20(29-23(28-15)33-30-11-7-4-8-12-30)18(24)19(25)21(22(17)32-2)27-14-9-5-3-6-10-14/h3,5-6,9-10,27H,4,7-8,11-13H2,1-2H3,(H,26,31). The molecule has 1 aromatic heterocycles. The lowest BCUT2D eigenvalue weighted by atomic mass is 10.1. The fraction of sp³-hybridized carbons (Fsp3) is 0.348. The molecule has 3 aromatic rings. The molecule has 4 rings (SSSR count). The van der Waals surface area contributed by atoms with Gasteiger partial charge in [-0.05, 0) is 25.0 Å². The van der Waals surface area contributed by atoms with Crippen LogP contribution in [0.15, 0.2) is 30.3 Å². The highest BCUT2D eigenvalue weighted by atomic mass is 35.5. The molecule has 10 heteroatoms. The van der Waals surface area contributed by atoms with Gasteiger partial charge in [-0.15, -0.1) is 5.06 Å². The number of carbonyl (C=O) groups excluding carboxylic acids is 1. The van der Waals surface area contributed by atoms with Crippen LogP contribution in [-0.4, -0.2) is 48.2 Å². The Morgan fingerprint density at radius 1 is 1.18 bits per heavy atom. The van der Waals surface area contributed by atoms with Crippen molar-refractivity contribution in [2.45, 2.75) is 25.7 Å². The minimum absolute atomic E-state index is 0.00965. The highest BCUT2D eigenvalue weighted by Crippen LogP contribution is 2.43. The summed E-state index contributed by atoms with van der Waals surface area (Å²) in [5.41, 5.74) is 1.11. The number of halogens is 2. The number of hydrogen-bond donors (Lipinski definition) is 2. The molecular formula is C23H25ClFN5O3. The number of para-hydroxylation sites is 1. The Morgan fingerprint density at radius 2 is 1.91 bits per heavy atom. The second-order valence-corrected chi connectivity index (χ2v) is 8.01. The van der Waals surface area contributed by atoms with E-state index in [-0.39, 0.29) is 40.3 Å². The zero-order chi connectivity index (χ0) is 23.4. The zero-order valence-electron chi connectivity index (χ0n) is 18.5. The Hall–Kier alpha value is -3.17. The van der Waals surface area contributed by atoms with Crippen molar-refractivity contribution < 1.29 is 18.8 Å². The Morgan fingerprint density at radius 3 is 2.58 bits per heavy atom. The topological polar surface area (TPSA) is 88.6 Å². The van der Waals surface area contributed by atoms with Crippen molar-refractivity contribution in [2.24, 2.45) is 0 Å². The van der Waals surface area contributed by atoms with Crippen LogP contribution in [0.3, 0.4) is 0 Å². The fourth-order valence-corrected chi connectivity index (χ4v) is 4.01. The maximum Gasteiger partial charge on any atom is 0.336 e. The number of amides is 1. The van der Waals surface area contributed by atoms with Gasteiger partial charge in [-0.2, -0.15) is 9.97 Å². The van der Waals surface area contributed by atoms with Gasteiger partial charge in [0.25, 0.3) is 0 Å². The van der Waals surface area contributed by atoms with E-state index < -0.39 is 5.82 Å². The number of benzene rings is 2. The van der Waals surface area contributed by atoms with Gasteiger partial charge in [-0.3, -0.25) is 4.79 Å². The highest BCUT2D eigenvalue weighted by Gasteiger charge is 2.26. The van der Waals surface area contributed by atoms with Crippen LogP contribution in [0, 0.1) is 5.82 Å². The molecule has 0 saturated carbocycles. The number of anilines is 2. The number of hydrogen-bond acceptors (Lipinski definition) is 7. The van der Waals surface area contributed by atoms with Crippen molar-refractivity contribution in [3.63, 3.8) is 0 Å². The third kappa shape index (κ3) is 4.94. The highest BCUT2D eigenvalue weighted by molar-refractivity contribution is 6.36. The quantitative estimate of drug-likeness (QED) is 0.530. The van der Waals surface area contributed by atoms with E-state index in [4.69, 9.17) is 21.2 Å². The van der Waals surface area contributed by atoms with Crippen LogP contribution in [0.25, 0.3) is 10.9 Å². The summed E-state index contributed by atoms with van der Waals surface area (Å²) in [6, 6.07) is 9.07. The summed E-state index contributed by atoms with van der Waals surface area (Å²) in [6.45, 7) is 1.47. The number of ether oxygens (including phenoxy) is 1. The number of carbonyl (C=O) groups is 1. The van der Waals surface area contributed by atoms with Gasteiger partial charge < -0.3 is 20.2 Å². The Labute approximate surface area is 196 Å². The third-order valence-electron chi connectivity index (χ3n) is 5.42. The van der Waals surface area contributed by atoms with Crippen molar-refractivity contribution >= 4 is 39.8 Å². The van der Waals surface area contributed by atoms with Crippen LogP contribution in [-0.2, 0) is 11.2 Å². The van der Waals surface area contributed by atoms with Gasteiger partial charge in [0, 0.05) is 25.8 Å². The lowest BCUT2D eigenvalue weighted by Crippen LogP contribution is -2.33. The van der Waals surface area contributed by atoms with Gasteiger partial charge in [-0.1, -0.05) is 36.2 Å². The number of aromatic nitrogens is 2. The molecule has 0 atom stereocenters. The van der Waals surface area contributed by atoms with E-state index in [2.05, 4.69) is 20.6 Å². The molecule has 2 heterocycles. The first-order chi connectivity index (χ1) is 16.0. The number of methoxy groups -OCH3 is 1. The largest absolute Gasteiger partial charge is 0.494 e. The summed E-state index contributed by atoms with van der Waals surface area (Å²) in [5, 5.41) is 7.50. The lowest BCUT2D eigenvalue weighted by molar-refractivity contribution is -0.120. The molecule has 1 fully saturated rings. The van der Waals surface area contributed by atoms with E-state index in [1.165, 1.54) is 14.2 Å². The van der Waals surface area contributed by atoms with Gasteiger partial charge in [-0.25, -0.2) is 4.39 Å². The zero-order valence-corrected chi connectivity index (χ0v) is 19.2. The molecular weight excluding hydrogens is 449 g/mol. The van der Waals surface area contributed by atoms with Crippen molar-refractivity contribution in [1.82, 2.24) is 20.3 Å². The van der Waals surface area contributed by atoms with Crippen LogP contribution in [0.1, 0.15) is 25.0 Å². The second kappa shape index (κ2) is 10.2. The number of fused-ring (bicyclic) bond motifs is 1. The molecule has 2 aromatic carbocycles. The number of nitrogens with one attached hydrogen (secondary N) is 2. The van der Waals surface area contributed by atoms with Gasteiger partial charge in [0.2, 0.25) is 5.91 Å². The van der Waals surface area contributed by atoms with Crippen LogP contribution in [0.5, 0.6) is 11.8 Å². The molecule has 174 valence electrons. The lowest BCUT2D eigenvalue weighted by Gasteiger charge is -2.25. The van der Waals surface area contributed by atoms with E-state index in [9.17, 15) is 4.79 Å². The van der Waals surface area contributed by atoms with Crippen molar-refractivity contribution in [2.75, 3.05) is 32.6 Å². The normalized spacial score (nSPS) is 14.2. The van der Waals surface area contributed by atoms with Crippen molar-refractivity contribution in [1.29, 1.82) is 0 Å². The van der Waals surface area contributed by atoms with E-state index in [1.807, 2.05) is 18.2 Å². The van der Waals surface area contributed by atoms with Crippen LogP contribution >= 0.6 is 11.6 Å². The molecule has 1 aliphatic rings. The summed E-state index contributed by atoms with van der Waals surface area (Å²) >= 11 is 6.45. The third-order valence-corrected chi connectivity index (χ3v) is 5.76. The summed E-state index contributed by atoms with van der Waals surface area (Å²) in [7, 11) is 2.95. The number of piperidine rings is 1. The van der Waals surface area contributed by atoms with Gasteiger partial charge in [0.15, 0.2) is 11.6 Å². The van der Waals surface area contributed by atoms with Crippen LogP contribution in [0.4, 0.5) is 15.8 Å². The van der Waals surface area contributed by atoms with Gasteiger partial charge in [0.1, 0.15) is 16.2 Å². The van der Waals surface area contributed by atoms with E-state index in [0.29, 0.717) is 16.8 Å². The minimum atomic E-state index is -0.724. The molecule has 2 N–H and O–H groups in total. The molecule has 0 bridgehead atoms. The van der Waals surface area contributed by atoms with Crippen molar-refractivity contribution in [3.8, 4) is 11.8 Å². The predicted molar refractivity (Wildman–Crippen MR) is 125 cm³/mol. The SMILES string of the molecule is CNC(=O)Cc1nc(ON2CCCCC2)nc2c(Cl)c(F)c(Nc3ccccc3)c(OC)c12. The summed E-state index contributed by atoms with van der Waals surface area (Å²) in [4.78, 5) is 27.0. The average Bonchev–Trinajstić information content (AvgIpc) is 2.84. The number of rotatable bonds is 7. The summed E-state index contributed by atoms with van der Waals surface area (Å²) in [6.07, 6.45) is 3.04. The molecule has 1 saturated heterocycles. The molecule has 0 aliphatic carbocycles. The molecule has 0 unspecified atom stereocenters. The van der Waals surface area contributed by atoms with Gasteiger partial charge in [0.05, 0.1) is 24.6 Å². The van der Waals surface area contributed by atoms with Gasteiger partial charge >= 0.3 is 6.01 Å². The molecule has 33 heavy (non-hydrogen) atoms. The first-order valence-corrected chi connectivity index (χ1v) is 11.1. The minimum Gasteiger partial charge on any atom is -0.494 e. The predicted octanol–water partition coefficient (Wildman–Crippen LogP) is 4.24. The molecule has 1 aliphatic heterocycles. The molecule has 0 radical (unpaired) electrons. The Kier molecular flexibility index (Phi) is 7.10. The van der Waals surface area contributed by atoms with Crippen LogP contribution < -0.4 is 20.2 Å². The maximum atomic E-state index is 15.5. The Bertz CT molecular complexity index is 1160. The van der Waals surface area contributed by atoms with E-state index in [1.54, 1.807) is 17.2 Å². The van der Waals surface area contributed by atoms with Crippen molar-refractivity contribution in [3.05, 3.63) is 46.9 Å². The van der Waals surface area contributed by atoms with E-state index in [0.717, 1.165) is 32.4 Å². The monoisotopic (exact) mass is 473 g/mol. The molecule has 0 spiro atoms. The number of likely N-dealkylation sites (N-methyl/N-ethyl adjacent to an activating group) is 1. The Balaban J connectivity index is 1.88. The average molecular weight is 474 g/mol. The smallest absolute Gasteiger partial charge is 0.336 e. The maximum absolute atomic E-state index is 15.5. The molecule has 8 nitrogen and oxygen atoms in total. The molecule has 1 amide bonds. The second-order valence-electron chi connectivity index (χ2n) is 7.63. The number of hydroxylamine groups is 2. The summed E-state index contributed by atoms with van der Waals surface area (Å²) in [5.74, 6) is -0.850. The van der Waals surface area contributed by atoms with Crippen LogP contribution in [0.2, 0.25) is 5.02 Å². The first-order valence-electron chi connectivity index (χ1n) is 10.7. The fourth-order valence-electron chi connectivity index (χ4n) is 3.78.